The van der Waals surface area contributed by atoms with Gasteiger partial charge in [0.2, 0.25) is 0 Å². The van der Waals surface area contributed by atoms with Crippen LogP contribution in [0.15, 0.2) is 18.3 Å². The Kier molecular flexibility index (Phi) is 3.14. The normalized spacial score (nSPS) is 16.8. The third kappa shape index (κ3) is 2.12. The highest BCUT2D eigenvalue weighted by Gasteiger charge is 2.11. The van der Waals surface area contributed by atoms with E-state index in [1.807, 2.05) is 25.0 Å². The summed E-state index contributed by atoms with van der Waals surface area (Å²) in [5.74, 6) is 3.41. The van der Waals surface area contributed by atoms with E-state index in [1.165, 1.54) is 17.2 Å². The Labute approximate surface area is 88.9 Å². The van der Waals surface area contributed by atoms with Crippen LogP contribution in [0.1, 0.15) is 0 Å². The van der Waals surface area contributed by atoms with Crippen molar-refractivity contribution in [3.05, 3.63) is 18.3 Å². The first kappa shape index (κ1) is 9.65. The lowest BCUT2D eigenvalue weighted by Gasteiger charge is -2.28. The van der Waals surface area contributed by atoms with E-state index >= 15 is 0 Å². The van der Waals surface area contributed by atoms with Gasteiger partial charge in [-0.2, -0.15) is 11.8 Å². The molecule has 1 aromatic heterocycles. The fourth-order valence-corrected chi connectivity index (χ4v) is 2.48. The summed E-state index contributed by atoms with van der Waals surface area (Å²) in [5, 5.41) is 3.06. The molecule has 0 saturated carbocycles. The van der Waals surface area contributed by atoms with Gasteiger partial charge in [0, 0.05) is 49.6 Å². The van der Waals surface area contributed by atoms with Gasteiger partial charge in [0.25, 0.3) is 0 Å². The highest BCUT2D eigenvalue weighted by Crippen LogP contribution is 2.20. The molecule has 2 heterocycles. The highest BCUT2D eigenvalue weighted by molar-refractivity contribution is 7.99. The minimum Gasteiger partial charge on any atom is -0.373 e. The van der Waals surface area contributed by atoms with E-state index in [9.17, 15) is 0 Å². The van der Waals surface area contributed by atoms with Gasteiger partial charge in [0.1, 0.15) is 5.82 Å². The first-order valence-electron chi connectivity index (χ1n) is 4.86. The lowest BCUT2D eigenvalue weighted by atomic mass is 10.3. The topological polar surface area (TPSA) is 28.2 Å². The number of pyridine rings is 1. The van der Waals surface area contributed by atoms with Gasteiger partial charge in [0.05, 0.1) is 0 Å². The van der Waals surface area contributed by atoms with E-state index in [1.54, 1.807) is 0 Å². The van der Waals surface area contributed by atoms with E-state index in [2.05, 4.69) is 27.3 Å². The Morgan fingerprint density at radius 3 is 2.93 bits per heavy atom. The highest BCUT2D eigenvalue weighted by atomic mass is 32.2. The lowest BCUT2D eigenvalue weighted by Crippen LogP contribution is -2.32. The summed E-state index contributed by atoms with van der Waals surface area (Å²) in [7, 11) is 1.90. The third-order valence-corrected chi connectivity index (χ3v) is 3.32. The molecule has 0 aliphatic carbocycles. The maximum atomic E-state index is 4.21. The van der Waals surface area contributed by atoms with Crippen molar-refractivity contribution < 1.29 is 0 Å². The Morgan fingerprint density at radius 2 is 2.21 bits per heavy atom. The van der Waals surface area contributed by atoms with Gasteiger partial charge in [0.15, 0.2) is 0 Å². The standard InChI is InChI=1S/C10H15N3S/c1-11-10-8-9(2-3-12-10)13-4-6-14-7-5-13/h2-3,8H,4-7H2,1H3,(H,11,12). The Balaban J connectivity index is 2.13. The van der Waals surface area contributed by atoms with Crippen LogP contribution in [0.3, 0.4) is 0 Å². The molecule has 0 radical (unpaired) electrons. The van der Waals surface area contributed by atoms with Gasteiger partial charge in [-0.05, 0) is 6.07 Å². The predicted molar refractivity (Wildman–Crippen MR) is 63.3 cm³/mol. The minimum atomic E-state index is 0.945. The van der Waals surface area contributed by atoms with Gasteiger partial charge >= 0.3 is 0 Å². The van der Waals surface area contributed by atoms with E-state index in [0.717, 1.165) is 18.9 Å². The molecule has 1 fully saturated rings. The minimum absolute atomic E-state index is 0.945. The average Bonchev–Trinajstić information content (AvgIpc) is 2.30. The van der Waals surface area contributed by atoms with Crippen molar-refractivity contribution in [2.75, 3.05) is 41.9 Å². The molecule has 0 unspecified atom stereocenters. The molecule has 2 rings (SSSR count). The Hall–Kier alpha value is -0.900. The number of rotatable bonds is 2. The SMILES string of the molecule is CNc1cc(N2CCSCC2)ccn1. The quantitative estimate of drug-likeness (QED) is 0.802. The first-order chi connectivity index (χ1) is 6.90. The van der Waals surface area contributed by atoms with Crippen LogP contribution in [-0.2, 0) is 0 Å². The molecule has 4 heteroatoms. The molecule has 0 atom stereocenters. The largest absolute Gasteiger partial charge is 0.373 e. The Morgan fingerprint density at radius 1 is 1.43 bits per heavy atom. The number of hydrogen-bond donors (Lipinski definition) is 1. The van der Waals surface area contributed by atoms with Crippen LogP contribution in [0.2, 0.25) is 0 Å². The zero-order chi connectivity index (χ0) is 9.80. The predicted octanol–water partition coefficient (Wildman–Crippen LogP) is 1.68. The van der Waals surface area contributed by atoms with Crippen LogP contribution in [0.5, 0.6) is 0 Å². The second kappa shape index (κ2) is 4.55. The first-order valence-corrected chi connectivity index (χ1v) is 6.02. The monoisotopic (exact) mass is 209 g/mol. The van der Waals surface area contributed by atoms with Crippen LogP contribution in [-0.4, -0.2) is 36.6 Å². The number of anilines is 2. The van der Waals surface area contributed by atoms with Crippen molar-refractivity contribution in [3.63, 3.8) is 0 Å². The van der Waals surface area contributed by atoms with E-state index in [-0.39, 0.29) is 0 Å². The van der Waals surface area contributed by atoms with Gasteiger partial charge in [-0.15, -0.1) is 0 Å². The van der Waals surface area contributed by atoms with Gasteiger partial charge in [-0.1, -0.05) is 0 Å². The second-order valence-electron chi connectivity index (χ2n) is 3.25. The molecular formula is C10H15N3S. The maximum Gasteiger partial charge on any atom is 0.127 e. The van der Waals surface area contributed by atoms with Gasteiger partial charge in [-0.25, -0.2) is 4.98 Å². The lowest BCUT2D eigenvalue weighted by molar-refractivity contribution is 0.857. The van der Waals surface area contributed by atoms with Crippen LogP contribution >= 0.6 is 11.8 Å². The van der Waals surface area contributed by atoms with Crippen molar-refractivity contribution >= 4 is 23.3 Å². The summed E-state index contributed by atoms with van der Waals surface area (Å²) in [6.07, 6.45) is 1.86. The molecule has 1 aliphatic rings. The Bertz CT molecular complexity index is 297. The molecule has 3 nitrogen and oxygen atoms in total. The number of nitrogens with zero attached hydrogens (tertiary/aromatic N) is 2. The van der Waals surface area contributed by atoms with Crippen molar-refractivity contribution in [2.45, 2.75) is 0 Å². The van der Waals surface area contributed by atoms with Gasteiger partial charge in [-0.3, -0.25) is 0 Å². The van der Waals surface area contributed by atoms with E-state index in [0.29, 0.717) is 0 Å². The van der Waals surface area contributed by atoms with E-state index in [4.69, 9.17) is 0 Å². The van der Waals surface area contributed by atoms with Crippen LogP contribution in [0.25, 0.3) is 0 Å². The fraction of sp³-hybridized carbons (Fsp3) is 0.500. The van der Waals surface area contributed by atoms with E-state index < -0.39 is 0 Å². The molecule has 0 aromatic carbocycles. The number of nitrogens with one attached hydrogen (secondary N) is 1. The summed E-state index contributed by atoms with van der Waals surface area (Å²) in [5.41, 5.74) is 1.28. The molecular weight excluding hydrogens is 194 g/mol. The summed E-state index contributed by atoms with van der Waals surface area (Å²) in [6, 6.07) is 4.19. The van der Waals surface area contributed by atoms with Crippen molar-refractivity contribution in [2.24, 2.45) is 0 Å². The summed E-state index contributed by atoms with van der Waals surface area (Å²) in [4.78, 5) is 6.63. The molecule has 1 saturated heterocycles. The van der Waals surface area contributed by atoms with Crippen LogP contribution in [0, 0.1) is 0 Å². The summed E-state index contributed by atoms with van der Waals surface area (Å²) in [6.45, 7) is 2.30. The van der Waals surface area contributed by atoms with Crippen molar-refractivity contribution in [3.8, 4) is 0 Å². The molecule has 1 N–H and O–H groups in total. The number of hydrogen-bond acceptors (Lipinski definition) is 4. The zero-order valence-electron chi connectivity index (χ0n) is 8.36. The molecule has 0 spiro atoms. The molecule has 1 aliphatic heterocycles. The van der Waals surface area contributed by atoms with Crippen molar-refractivity contribution in [1.82, 2.24) is 4.98 Å². The van der Waals surface area contributed by atoms with Crippen molar-refractivity contribution in [1.29, 1.82) is 0 Å². The summed E-state index contributed by atoms with van der Waals surface area (Å²) < 4.78 is 0. The molecule has 0 bridgehead atoms. The average molecular weight is 209 g/mol. The van der Waals surface area contributed by atoms with Crippen LogP contribution < -0.4 is 10.2 Å². The molecule has 14 heavy (non-hydrogen) atoms. The summed E-state index contributed by atoms with van der Waals surface area (Å²) >= 11 is 2.03. The molecule has 0 amide bonds. The van der Waals surface area contributed by atoms with Gasteiger partial charge < -0.3 is 10.2 Å². The molecule has 76 valence electrons. The fourth-order valence-electron chi connectivity index (χ4n) is 1.57. The number of thioether (sulfide) groups is 1. The smallest absolute Gasteiger partial charge is 0.127 e. The molecule has 1 aromatic rings. The third-order valence-electron chi connectivity index (χ3n) is 2.38. The van der Waals surface area contributed by atoms with Crippen LogP contribution in [0.4, 0.5) is 11.5 Å². The maximum absolute atomic E-state index is 4.21. The zero-order valence-corrected chi connectivity index (χ0v) is 9.18. The number of aromatic nitrogens is 1. The second-order valence-corrected chi connectivity index (χ2v) is 4.47.